The first kappa shape index (κ1) is 21.6. The van der Waals surface area contributed by atoms with Crippen molar-refractivity contribution in [3.05, 3.63) is 65.2 Å². The Morgan fingerprint density at radius 3 is 2.47 bits per heavy atom. The van der Waals surface area contributed by atoms with Crippen LogP contribution in [0.25, 0.3) is 6.08 Å². The second kappa shape index (κ2) is 8.71. The molecule has 1 saturated heterocycles. The van der Waals surface area contributed by atoms with Gasteiger partial charge < -0.3 is 14.2 Å². The maximum absolute atomic E-state index is 13.1. The Kier molecular flexibility index (Phi) is 6.27. The average Bonchev–Trinajstić information content (AvgIpc) is 3.08. The van der Waals surface area contributed by atoms with Gasteiger partial charge in [0, 0.05) is 11.1 Å². The lowest BCUT2D eigenvalue weighted by Gasteiger charge is -2.23. The van der Waals surface area contributed by atoms with Gasteiger partial charge in [-0.25, -0.2) is 4.90 Å². The van der Waals surface area contributed by atoms with E-state index in [1.165, 1.54) is 4.90 Å². The van der Waals surface area contributed by atoms with Crippen molar-refractivity contribution < 1.29 is 23.8 Å². The smallest absolute Gasteiger partial charge is 0.258 e. The number of carbonyl (C=O) groups is 2. The highest BCUT2D eigenvalue weighted by Gasteiger charge is 2.38. The molecule has 6 heteroatoms. The van der Waals surface area contributed by atoms with E-state index in [0.717, 1.165) is 11.1 Å². The first-order chi connectivity index (χ1) is 14.2. The van der Waals surface area contributed by atoms with Gasteiger partial charge in [-0.2, -0.15) is 0 Å². The van der Waals surface area contributed by atoms with Crippen molar-refractivity contribution >= 4 is 17.9 Å². The van der Waals surface area contributed by atoms with Gasteiger partial charge in [0.1, 0.15) is 12.2 Å². The van der Waals surface area contributed by atoms with Crippen molar-refractivity contribution in [2.45, 2.75) is 39.5 Å². The van der Waals surface area contributed by atoms with Crippen LogP contribution in [0.1, 0.15) is 45.0 Å². The molecule has 1 aliphatic rings. The number of rotatable bonds is 5. The summed E-state index contributed by atoms with van der Waals surface area (Å²) in [5, 5.41) is 0. The van der Waals surface area contributed by atoms with E-state index >= 15 is 0 Å². The Morgan fingerprint density at radius 1 is 1.13 bits per heavy atom. The van der Waals surface area contributed by atoms with Gasteiger partial charge in [-0.05, 0) is 51.5 Å². The molecule has 2 aromatic rings. The van der Waals surface area contributed by atoms with Crippen molar-refractivity contribution in [2.24, 2.45) is 0 Å². The van der Waals surface area contributed by atoms with Gasteiger partial charge in [0.2, 0.25) is 0 Å². The topological polar surface area (TPSA) is 65.1 Å². The molecule has 0 unspecified atom stereocenters. The van der Waals surface area contributed by atoms with E-state index in [4.69, 9.17) is 14.2 Å². The fourth-order valence-electron chi connectivity index (χ4n) is 3.20. The van der Waals surface area contributed by atoms with Gasteiger partial charge in [-0.3, -0.25) is 9.59 Å². The number of nitrogens with zero attached hydrogens (tertiary/aromatic N) is 1. The zero-order chi connectivity index (χ0) is 21.9. The Labute approximate surface area is 177 Å². The highest BCUT2D eigenvalue weighted by Crippen LogP contribution is 2.33. The number of methoxy groups -OCH3 is 1. The summed E-state index contributed by atoms with van der Waals surface area (Å²) < 4.78 is 16.9. The summed E-state index contributed by atoms with van der Waals surface area (Å²) in [6.07, 6.45) is 1.01. The van der Waals surface area contributed by atoms with E-state index in [1.807, 2.05) is 63.2 Å². The summed E-state index contributed by atoms with van der Waals surface area (Å²) >= 11 is 0. The zero-order valence-electron chi connectivity index (χ0n) is 18.0. The Bertz CT molecular complexity index is 959. The molecule has 3 rings (SSSR count). The van der Waals surface area contributed by atoms with E-state index in [0.29, 0.717) is 17.1 Å². The number of hydrogen-bond donors (Lipinski definition) is 0. The molecule has 1 heterocycles. The van der Waals surface area contributed by atoms with Crippen LogP contribution in [-0.4, -0.2) is 36.0 Å². The fraction of sp³-hybridized carbons (Fsp3) is 0.333. The van der Waals surface area contributed by atoms with E-state index in [9.17, 15) is 9.59 Å². The van der Waals surface area contributed by atoms with Crippen molar-refractivity contribution in [3.63, 3.8) is 0 Å². The number of hydrogen-bond acceptors (Lipinski definition) is 5. The molecule has 6 nitrogen and oxygen atoms in total. The number of amides is 2. The molecule has 30 heavy (non-hydrogen) atoms. The van der Waals surface area contributed by atoms with Gasteiger partial charge in [-0.1, -0.05) is 36.4 Å². The highest BCUT2D eigenvalue weighted by atomic mass is 16.5. The average molecular weight is 409 g/mol. The Balaban J connectivity index is 1.88. The molecule has 0 saturated carbocycles. The highest BCUT2D eigenvalue weighted by molar-refractivity contribution is 6.07. The van der Waals surface area contributed by atoms with Crippen molar-refractivity contribution in [1.29, 1.82) is 0 Å². The maximum Gasteiger partial charge on any atom is 0.258 e. The van der Waals surface area contributed by atoms with Gasteiger partial charge in [0.25, 0.3) is 11.8 Å². The van der Waals surface area contributed by atoms with E-state index < -0.39 is 11.8 Å². The van der Waals surface area contributed by atoms with E-state index in [2.05, 4.69) is 0 Å². The number of imide groups is 1. The SMILES string of the molecule is COc1ccc(C=C(C)C(=O)N2C(=O)CO[C@H]2c2ccccc2)cc1OC(C)(C)C. The number of carbonyl (C=O) groups excluding carboxylic acids is 2. The summed E-state index contributed by atoms with van der Waals surface area (Å²) in [5.41, 5.74) is 1.55. The van der Waals surface area contributed by atoms with Gasteiger partial charge in [-0.15, -0.1) is 0 Å². The van der Waals surface area contributed by atoms with Crippen LogP contribution in [0.15, 0.2) is 54.1 Å². The largest absolute Gasteiger partial charge is 0.493 e. The molecule has 1 atom stereocenters. The minimum absolute atomic E-state index is 0.120. The molecule has 0 N–H and O–H groups in total. The van der Waals surface area contributed by atoms with E-state index in [1.54, 1.807) is 26.2 Å². The van der Waals surface area contributed by atoms with Gasteiger partial charge in [0.05, 0.1) is 7.11 Å². The lowest BCUT2D eigenvalue weighted by Crippen LogP contribution is -2.35. The molecule has 0 bridgehead atoms. The van der Waals surface area contributed by atoms with Crippen molar-refractivity contribution in [3.8, 4) is 11.5 Å². The minimum Gasteiger partial charge on any atom is -0.493 e. The van der Waals surface area contributed by atoms with Crippen LogP contribution in [-0.2, 0) is 14.3 Å². The minimum atomic E-state index is -0.717. The normalized spacial score (nSPS) is 17.2. The lowest BCUT2D eigenvalue weighted by atomic mass is 10.1. The predicted molar refractivity (Wildman–Crippen MR) is 114 cm³/mol. The summed E-state index contributed by atoms with van der Waals surface area (Å²) in [7, 11) is 1.58. The monoisotopic (exact) mass is 409 g/mol. The van der Waals surface area contributed by atoms with Crippen LogP contribution >= 0.6 is 0 Å². The molecular formula is C24H27NO5. The number of benzene rings is 2. The fourth-order valence-corrected chi connectivity index (χ4v) is 3.20. The van der Waals surface area contributed by atoms with Crippen molar-refractivity contribution in [1.82, 2.24) is 4.90 Å². The molecule has 2 amide bonds. The summed E-state index contributed by atoms with van der Waals surface area (Å²) in [6.45, 7) is 7.42. The van der Waals surface area contributed by atoms with Crippen LogP contribution < -0.4 is 9.47 Å². The van der Waals surface area contributed by atoms with Crippen LogP contribution in [0.4, 0.5) is 0 Å². The quantitative estimate of drug-likeness (QED) is 0.687. The van der Waals surface area contributed by atoms with Crippen molar-refractivity contribution in [2.75, 3.05) is 13.7 Å². The van der Waals surface area contributed by atoms with Gasteiger partial charge >= 0.3 is 0 Å². The molecule has 2 aromatic carbocycles. The first-order valence-corrected chi connectivity index (χ1v) is 9.78. The lowest BCUT2D eigenvalue weighted by molar-refractivity contribution is -0.142. The zero-order valence-corrected chi connectivity index (χ0v) is 18.0. The van der Waals surface area contributed by atoms with E-state index in [-0.39, 0.29) is 18.4 Å². The molecule has 0 spiro atoms. The summed E-state index contributed by atoms with van der Waals surface area (Å²) in [4.78, 5) is 26.6. The summed E-state index contributed by atoms with van der Waals surface area (Å²) in [5.74, 6) is 0.452. The Morgan fingerprint density at radius 2 is 1.83 bits per heavy atom. The molecule has 0 aromatic heterocycles. The maximum atomic E-state index is 13.1. The molecule has 0 radical (unpaired) electrons. The second-order valence-corrected chi connectivity index (χ2v) is 8.10. The molecule has 1 aliphatic heterocycles. The predicted octanol–water partition coefficient (Wildman–Crippen LogP) is 4.36. The first-order valence-electron chi connectivity index (χ1n) is 9.78. The third-order valence-electron chi connectivity index (χ3n) is 4.50. The Hall–Kier alpha value is -3.12. The van der Waals surface area contributed by atoms with Crippen LogP contribution in [0.2, 0.25) is 0 Å². The molecular weight excluding hydrogens is 382 g/mol. The third kappa shape index (κ3) is 4.89. The van der Waals surface area contributed by atoms with Gasteiger partial charge in [0.15, 0.2) is 17.7 Å². The number of ether oxygens (including phenoxy) is 3. The van der Waals surface area contributed by atoms with Crippen LogP contribution in [0, 0.1) is 0 Å². The second-order valence-electron chi connectivity index (χ2n) is 8.10. The van der Waals surface area contributed by atoms with Crippen LogP contribution in [0.3, 0.4) is 0 Å². The summed E-state index contributed by atoms with van der Waals surface area (Å²) in [6, 6.07) is 14.7. The molecule has 1 fully saturated rings. The molecule has 158 valence electrons. The standard InChI is InChI=1S/C24H27NO5/c1-16(13-17-11-12-19(28-5)20(14-17)30-24(2,3)4)22(27)25-21(26)15-29-23(25)18-9-7-6-8-10-18/h6-14,23H,15H2,1-5H3/t23-/m0/s1. The molecule has 0 aliphatic carbocycles. The van der Waals surface area contributed by atoms with Crippen LogP contribution in [0.5, 0.6) is 11.5 Å². The third-order valence-corrected chi connectivity index (χ3v) is 4.50.